The van der Waals surface area contributed by atoms with Crippen LogP contribution in [0, 0.1) is 23.7 Å². The first kappa shape index (κ1) is 43.3. The van der Waals surface area contributed by atoms with Crippen LogP contribution in [0.25, 0.3) is 0 Å². The van der Waals surface area contributed by atoms with Gasteiger partial charge in [0.05, 0.1) is 0 Å². The molecule has 1 saturated heterocycles. The summed E-state index contributed by atoms with van der Waals surface area (Å²) in [6.45, 7) is 11.3. The van der Waals surface area contributed by atoms with Gasteiger partial charge in [0.25, 0.3) is 0 Å². The molecule has 0 aromatic heterocycles. The van der Waals surface area contributed by atoms with Gasteiger partial charge in [-0.15, -0.1) is 0 Å². The maximum absolute atomic E-state index is 12.3. The smallest absolute Gasteiger partial charge is 0.317 e. The van der Waals surface area contributed by atoms with Crippen LogP contribution >= 0.6 is 0 Å². The molecular formula is C43H80N4O2. The van der Waals surface area contributed by atoms with Crippen LogP contribution in [0.2, 0.25) is 0 Å². The molecule has 0 spiro atoms. The summed E-state index contributed by atoms with van der Waals surface area (Å²) in [6.07, 6.45) is 41.5. The van der Waals surface area contributed by atoms with E-state index in [1.807, 2.05) is 4.90 Å². The lowest BCUT2D eigenvalue weighted by atomic mass is 9.65. The van der Waals surface area contributed by atoms with Gasteiger partial charge < -0.3 is 20.9 Å². The summed E-state index contributed by atoms with van der Waals surface area (Å²) in [4.78, 5) is 25.8. The number of hydrogen-bond donors (Lipinski definition) is 3. The molecule has 0 saturated carbocycles. The Morgan fingerprint density at radius 2 is 1.31 bits per heavy atom. The van der Waals surface area contributed by atoms with E-state index >= 15 is 0 Å². The van der Waals surface area contributed by atoms with Crippen LogP contribution in [0.3, 0.4) is 0 Å². The normalized spacial score (nSPS) is 20.8. The molecule has 1 heterocycles. The summed E-state index contributed by atoms with van der Waals surface area (Å²) in [6, 6.07) is 0.0286. The third kappa shape index (κ3) is 20.6. The van der Waals surface area contributed by atoms with E-state index in [9.17, 15) is 9.59 Å². The molecular weight excluding hydrogens is 604 g/mol. The number of carbonyl (C=O) groups is 2. The van der Waals surface area contributed by atoms with Crippen LogP contribution in [0.4, 0.5) is 4.79 Å². The zero-order valence-corrected chi connectivity index (χ0v) is 32.6. The Bertz CT molecular complexity index is 874. The minimum atomic E-state index is 0.0286. The summed E-state index contributed by atoms with van der Waals surface area (Å²) in [5.74, 6) is 3.31. The second kappa shape index (κ2) is 29.9. The molecule has 3 N–H and O–H groups in total. The molecule has 6 nitrogen and oxygen atoms in total. The van der Waals surface area contributed by atoms with Crippen molar-refractivity contribution in [1.29, 1.82) is 0 Å². The minimum Gasteiger partial charge on any atom is -0.355 e. The van der Waals surface area contributed by atoms with Gasteiger partial charge in [0.15, 0.2) is 0 Å². The third-order valence-electron chi connectivity index (χ3n) is 11.2. The first-order valence-corrected chi connectivity index (χ1v) is 21.4. The van der Waals surface area contributed by atoms with E-state index < -0.39 is 0 Å². The lowest BCUT2D eigenvalue weighted by Crippen LogP contribution is -2.37. The molecule has 4 unspecified atom stereocenters. The molecule has 2 rings (SSSR count). The van der Waals surface area contributed by atoms with Crippen molar-refractivity contribution < 1.29 is 9.59 Å². The van der Waals surface area contributed by atoms with Gasteiger partial charge in [-0.25, -0.2) is 4.79 Å². The van der Waals surface area contributed by atoms with Gasteiger partial charge in [0.1, 0.15) is 0 Å². The van der Waals surface area contributed by atoms with Crippen molar-refractivity contribution in [3.8, 4) is 0 Å². The van der Waals surface area contributed by atoms with Crippen LogP contribution in [0.1, 0.15) is 175 Å². The second-order valence-electron chi connectivity index (χ2n) is 15.3. The standard InChI is InChI=1S/C43H80N4O2/c1-4-7-10-13-16-21-26-39-31-30-38(25-20-12-9-6-3)40(27-22-17-14-11-8-5-2)41(39)28-23-18-15-19-24-29-42(48)45-33-32-44-34-36-47-37-35-46-43(47)49/h17,22,30-31,38-41,44H,4-16,18-21,23-29,32-37H2,1-3H3,(H,45,48)(H,46,49)/b22-17+. The van der Waals surface area contributed by atoms with Gasteiger partial charge >= 0.3 is 6.03 Å². The average molecular weight is 685 g/mol. The van der Waals surface area contributed by atoms with E-state index in [1.54, 1.807) is 0 Å². The van der Waals surface area contributed by atoms with Gasteiger partial charge in [-0.05, 0) is 68.6 Å². The zero-order valence-electron chi connectivity index (χ0n) is 32.6. The fraction of sp³-hybridized carbons (Fsp3) is 0.860. The highest BCUT2D eigenvalue weighted by Gasteiger charge is 2.34. The van der Waals surface area contributed by atoms with Gasteiger partial charge in [-0.2, -0.15) is 0 Å². The number of amides is 3. The molecule has 1 fully saturated rings. The zero-order chi connectivity index (χ0) is 35.2. The monoisotopic (exact) mass is 685 g/mol. The van der Waals surface area contributed by atoms with Crippen molar-refractivity contribution in [3.05, 3.63) is 24.3 Å². The van der Waals surface area contributed by atoms with Crippen LogP contribution < -0.4 is 16.0 Å². The number of hydrogen-bond acceptors (Lipinski definition) is 3. The van der Waals surface area contributed by atoms with Crippen LogP contribution in [0.15, 0.2) is 24.3 Å². The number of nitrogens with zero attached hydrogens (tertiary/aromatic N) is 1. The largest absolute Gasteiger partial charge is 0.355 e. The van der Waals surface area contributed by atoms with Crippen molar-refractivity contribution in [3.63, 3.8) is 0 Å². The Balaban J connectivity index is 1.77. The lowest BCUT2D eigenvalue weighted by molar-refractivity contribution is -0.121. The molecule has 4 atom stereocenters. The van der Waals surface area contributed by atoms with Crippen molar-refractivity contribution in [1.82, 2.24) is 20.9 Å². The molecule has 1 aliphatic carbocycles. The number of rotatable bonds is 32. The highest BCUT2D eigenvalue weighted by molar-refractivity contribution is 5.76. The SMILES string of the molecule is CCCCC/C=C/CC1C(CCCCCC)C=CC(CCCCCCCC)C1CCCCCCCC(=O)NCCNCCN1CCNC1=O. The molecule has 49 heavy (non-hydrogen) atoms. The summed E-state index contributed by atoms with van der Waals surface area (Å²) in [5.41, 5.74) is 0. The summed E-state index contributed by atoms with van der Waals surface area (Å²) in [7, 11) is 0. The van der Waals surface area contributed by atoms with Gasteiger partial charge in [0, 0.05) is 45.7 Å². The molecule has 2 aliphatic rings. The summed E-state index contributed by atoms with van der Waals surface area (Å²) in [5, 5.41) is 9.21. The number of carbonyl (C=O) groups excluding carboxylic acids is 2. The number of allylic oxidation sites excluding steroid dienone is 4. The van der Waals surface area contributed by atoms with Crippen molar-refractivity contribution in [2.24, 2.45) is 23.7 Å². The number of nitrogens with one attached hydrogen (secondary N) is 3. The maximum Gasteiger partial charge on any atom is 0.317 e. The molecule has 0 aromatic rings. The van der Waals surface area contributed by atoms with E-state index in [4.69, 9.17) is 0 Å². The van der Waals surface area contributed by atoms with Crippen molar-refractivity contribution >= 4 is 11.9 Å². The fourth-order valence-electron chi connectivity index (χ4n) is 8.09. The van der Waals surface area contributed by atoms with Crippen LogP contribution in [-0.4, -0.2) is 56.1 Å². The maximum atomic E-state index is 12.3. The fourth-order valence-corrected chi connectivity index (χ4v) is 8.09. The quantitative estimate of drug-likeness (QED) is 0.0488. The number of urea groups is 1. The Labute approximate surface area is 303 Å². The van der Waals surface area contributed by atoms with Crippen molar-refractivity contribution in [2.45, 2.75) is 175 Å². The lowest BCUT2D eigenvalue weighted by Gasteiger charge is -2.40. The van der Waals surface area contributed by atoms with Crippen LogP contribution in [-0.2, 0) is 4.79 Å². The highest BCUT2D eigenvalue weighted by Crippen LogP contribution is 2.44. The van der Waals surface area contributed by atoms with E-state index in [0.717, 1.165) is 62.7 Å². The molecule has 0 radical (unpaired) electrons. The van der Waals surface area contributed by atoms with E-state index in [-0.39, 0.29) is 11.9 Å². The molecule has 1 aliphatic heterocycles. The van der Waals surface area contributed by atoms with E-state index in [1.165, 1.54) is 135 Å². The second-order valence-corrected chi connectivity index (χ2v) is 15.3. The highest BCUT2D eigenvalue weighted by atomic mass is 16.2. The Morgan fingerprint density at radius 1 is 0.714 bits per heavy atom. The molecule has 3 amide bonds. The third-order valence-corrected chi connectivity index (χ3v) is 11.2. The van der Waals surface area contributed by atoms with Crippen molar-refractivity contribution in [2.75, 3.05) is 39.3 Å². The minimum absolute atomic E-state index is 0.0286. The van der Waals surface area contributed by atoms with Gasteiger partial charge in [0.2, 0.25) is 5.91 Å². The topological polar surface area (TPSA) is 73.5 Å². The van der Waals surface area contributed by atoms with Gasteiger partial charge in [-0.1, -0.05) is 148 Å². The number of unbranched alkanes of at least 4 members (excludes halogenated alkanes) is 15. The first-order chi connectivity index (χ1) is 24.1. The van der Waals surface area contributed by atoms with Gasteiger partial charge in [-0.3, -0.25) is 4.79 Å². The first-order valence-electron chi connectivity index (χ1n) is 21.4. The Hall–Kier alpha value is -1.82. The van der Waals surface area contributed by atoms with E-state index in [2.05, 4.69) is 61.0 Å². The Morgan fingerprint density at radius 3 is 1.98 bits per heavy atom. The summed E-state index contributed by atoms with van der Waals surface area (Å²) >= 11 is 0. The average Bonchev–Trinajstić information content (AvgIpc) is 3.52. The predicted octanol–water partition coefficient (Wildman–Crippen LogP) is 10.7. The summed E-state index contributed by atoms with van der Waals surface area (Å²) < 4.78 is 0. The predicted molar refractivity (Wildman–Crippen MR) is 211 cm³/mol. The molecule has 0 aromatic carbocycles. The van der Waals surface area contributed by atoms with Crippen LogP contribution in [0.5, 0.6) is 0 Å². The molecule has 0 bridgehead atoms. The molecule has 6 heteroatoms. The van der Waals surface area contributed by atoms with E-state index in [0.29, 0.717) is 19.5 Å². The Kier molecular flexibility index (Phi) is 26.4. The molecule has 284 valence electrons.